The summed E-state index contributed by atoms with van der Waals surface area (Å²) in [5.74, 6) is 5.22. The minimum Gasteiger partial charge on any atom is -0.384 e. The monoisotopic (exact) mass is 268 g/mol. The van der Waals surface area contributed by atoms with E-state index in [2.05, 4.69) is 32.3 Å². The molecule has 1 amide bonds. The molecule has 1 heterocycles. The van der Waals surface area contributed by atoms with Crippen molar-refractivity contribution in [2.24, 2.45) is 0 Å². The molecule has 0 radical (unpaired) electrons. The van der Waals surface area contributed by atoms with E-state index in [0.717, 1.165) is 11.1 Å². The first-order valence-corrected chi connectivity index (χ1v) is 5.86. The molecule has 0 saturated heterocycles. The zero-order valence-electron chi connectivity index (χ0n) is 10.8. The molecule has 0 aliphatic carbocycles. The number of aliphatic hydroxyl groups is 1. The summed E-state index contributed by atoms with van der Waals surface area (Å²) < 4.78 is 0. The Morgan fingerprint density at radius 1 is 1.40 bits per heavy atom. The van der Waals surface area contributed by atoms with Crippen LogP contribution in [-0.4, -0.2) is 32.8 Å². The molecule has 0 saturated carbocycles. The van der Waals surface area contributed by atoms with Crippen molar-refractivity contribution < 1.29 is 9.90 Å². The molecule has 2 rings (SSSR count). The Balaban J connectivity index is 2.17. The number of nitrogens with zero attached hydrogens (tertiary/aromatic N) is 3. The Labute approximate surface area is 115 Å². The molecule has 100 valence electrons. The predicted molar refractivity (Wildman–Crippen MR) is 72.9 cm³/mol. The number of hydrogen-bond acceptors (Lipinski definition) is 5. The van der Waals surface area contributed by atoms with Crippen molar-refractivity contribution in [3.05, 3.63) is 47.3 Å². The largest absolute Gasteiger partial charge is 0.384 e. The number of aromatic nitrogens is 3. The molecule has 0 atom stereocenters. The van der Waals surface area contributed by atoms with E-state index in [1.165, 1.54) is 12.4 Å². The number of hydrogen-bond donors (Lipinski definition) is 2. The number of amides is 1. The average molecular weight is 268 g/mol. The second kappa shape index (κ2) is 6.41. The molecular formula is C14H12N4O2. The van der Waals surface area contributed by atoms with E-state index < -0.39 is 0 Å². The zero-order valence-corrected chi connectivity index (χ0v) is 10.8. The van der Waals surface area contributed by atoms with Gasteiger partial charge in [-0.1, -0.05) is 11.8 Å². The Morgan fingerprint density at radius 2 is 2.25 bits per heavy atom. The van der Waals surface area contributed by atoms with Gasteiger partial charge in [-0.25, -0.2) is 4.98 Å². The van der Waals surface area contributed by atoms with Gasteiger partial charge in [0, 0.05) is 11.1 Å². The van der Waals surface area contributed by atoms with Crippen LogP contribution >= 0.6 is 0 Å². The molecule has 6 nitrogen and oxygen atoms in total. The first-order valence-electron chi connectivity index (χ1n) is 5.86. The van der Waals surface area contributed by atoms with Crippen molar-refractivity contribution in [1.82, 2.24) is 15.2 Å². The van der Waals surface area contributed by atoms with Gasteiger partial charge in [-0.05, 0) is 30.7 Å². The molecule has 0 aliphatic rings. The van der Waals surface area contributed by atoms with Gasteiger partial charge in [0.05, 0.1) is 12.4 Å². The number of rotatable bonds is 2. The SMILES string of the molecule is Cc1cc(C(=O)Nc2nccnn2)ccc1C#CCO. The van der Waals surface area contributed by atoms with Crippen LogP contribution in [0.4, 0.5) is 5.95 Å². The summed E-state index contributed by atoms with van der Waals surface area (Å²) in [5.41, 5.74) is 2.10. The summed E-state index contributed by atoms with van der Waals surface area (Å²) in [6.45, 7) is 1.65. The lowest BCUT2D eigenvalue weighted by atomic mass is 10.1. The summed E-state index contributed by atoms with van der Waals surface area (Å²) in [7, 11) is 0. The van der Waals surface area contributed by atoms with E-state index in [-0.39, 0.29) is 18.5 Å². The molecule has 0 bridgehead atoms. The van der Waals surface area contributed by atoms with E-state index in [1.54, 1.807) is 18.2 Å². The third kappa shape index (κ3) is 3.37. The second-order valence-electron chi connectivity index (χ2n) is 3.91. The summed E-state index contributed by atoms with van der Waals surface area (Å²) in [4.78, 5) is 15.9. The highest BCUT2D eigenvalue weighted by Crippen LogP contribution is 2.11. The van der Waals surface area contributed by atoms with Crippen LogP contribution in [0.15, 0.2) is 30.6 Å². The number of anilines is 1. The number of carbonyl (C=O) groups is 1. The standard InChI is InChI=1S/C14H12N4O2/c1-10-9-12(5-4-11(10)3-2-8-19)13(20)17-14-15-6-7-16-18-14/h4-7,9,19H,8H2,1H3,(H,15,17,18,20). The van der Waals surface area contributed by atoms with Crippen LogP contribution in [0.25, 0.3) is 0 Å². The Hall–Kier alpha value is -2.78. The van der Waals surface area contributed by atoms with Crippen LogP contribution in [0, 0.1) is 18.8 Å². The summed E-state index contributed by atoms with van der Waals surface area (Å²) in [6.07, 6.45) is 2.87. The number of benzene rings is 1. The molecule has 0 unspecified atom stereocenters. The molecule has 6 heteroatoms. The fourth-order valence-corrected chi connectivity index (χ4v) is 1.56. The average Bonchev–Trinajstić information content (AvgIpc) is 2.47. The molecule has 0 aliphatic heterocycles. The Morgan fingerprint density at radius 3 is 2.90 bits per heavy atom. The predicted octanol–water partition coefficient (Wildman–Crippen LogP) is 0.776. The lowest BCUT2D eigenvalue weighted by molar-refractivity contribution is 0.102. The minimum atomic E-state index is -0.317. The maximum absolute atomic E-state index is 12.0. The number of aryl methyl sites for hydroxylation is 1. The summed E-state index contributed by atoms with van der Waals surface area (Å²) in [5, 5.41) is 18.5. The Kier molecular flexibility index (Phi) is 4.37. The van der Waals surface area contributed by atoms with Crippen LogP contribution in [-0.2, 0) is 0 Å². The van der Waals surface area contributed by atoms with Gasteiger partial charge in [0.1, 0.15) is 6.61 Å². The fourth-order valence-electron chi connectivity index (χ4n) is 1.56. The molecule has 0 spiro atoms. The Bertz CT molecular complexity index is 675. The van der Waals surface area contributed by atoms with Gasteiger partial charge in [0.25, 0.3) is 5.91 Å². The van der Waals surface area contributed by atoms with Gasteiger partial charge in [-0.15, -0.1) is 5.10 Å². The molecule has 0 fully saturated rings. The summed E-state index contributed by atoms with van der Waals surface area (Å²) >= 11 is 0. The van der Waals surface area contributed by atoms with Crippen molar-refractivity contribution in [3.63, 3.8) is 0 Å². The van der Waals surface area contributed by atoms with Crippen LogP contribution in [0.2, 0.25) is 0 Å². The van der Waals surface area contributed by atoms with Gasteiger partial charge >= 0.3 is 0 Å². The van der Waals surface area contributed by atoms with Crippen molar-refractivity contribution in [2.75, 3.05) is 11.9 Å². The zero-order chi connectivity index (χ0) is 14.4. The minimum absolute atomic E-state index is 0.152. The van der Waals surface area contributed by atoms with Gasteiger partial charge < -0.3 is 5.11 Å². The van der Waals surface area contributed by atoms with Crippen LogP contribution in [0.3, 0.4) is 0 Å². The van der Waals surface area contributed by atoms with Gasteiger partial charge in [-0.3, -0.25) is 10.1 Å². The highest BCUT2D eigenvalue weighted by Gasteiger charge is 2.08. The van der Waals surface area contributed by atoms with Gasteiger partial charge in [-0.2, -0.15) is 5.10 Å². The second-order valence-corrected chi connectivity index (χ2v) is 3.91. The lowest BCUT2D eigenvalue weighted by Gasteiger charge is -2.05. The van der Waals surface area contributed by atoms with Crippen LogP contribution in [0.5, 0.6) is 0 Å². The normalized spacial score (nSPS) is 9.50. The molecule has 1 aromatic heterocycles. The number of carbonyl (C=O) groups excluding carboxylic acids is 1. The first-order chi connectivity index (χ1) is 9.70. The van der Waals surface area contributed by atoms with Gasteiger partial charge in [0.15, 0.2) is 0 Å². The molecular weight excluding hydrogens is 256 g/mol. The number of aliphatic hydroxyl groups excluding tert-OH is 1. The maximum Gasteiger partial charge on any atom is 0.258 e. The smallest absolute Gasteiger partial charge is 0.258 e. The molecule has 20 heavy (non-hydrogen) atoms. The molecule has 2 N–H and O–H groups in total. The first kappa shape index (κ1) is 13.6. The lowest BCUT2D eigenvalue weighted by Crippen LogP contribution is -2.14. The van der Waals surface area contributed by atoms with Gasteiger partial charge in [0.2, 0.25) is 5.95 Å². The highest BCUT2D eigenvalue weighted by atomic mass is 16.2. The van der Waals surface area contributed by atoms with Crippen LogP contribution in [0.1, 0.15) is 21.5 Å². The van der Waals surface area contributed by atoms with Crippen LogP contribution < -0.4 is 5.32 Å². The van der Waals surface area contributed by atoms with E-state index in [0.29, 0.717) is 5.56 Å². The molecule has 2 aromatic rings. The van der Waals surface area contributed by atoms with Crippen molar-refractivity contribution in [1.29, 1.82) is 0 Å². The topological polar surface area (TPSA) is 88.0 Å². The summed E-state index contributed by atoms with van der Waals surface area (Å²) in [6, 6.07) is 5.10. The quantitative estimate of drug-likeness (QED) is 0.786. The fraction of sp³-hybridized carbons (Fsp3) is 0.143. The van der Waals surface area contributed by atoms with Crippen molar-refractivity contribution >= 4 is 11.9 Å². The van der Waals surface area contributed by atoms with Crippen molar-refractivity contribution in [2.45, 2.75) is 6.92 Å². The third-order valence-corrected chi connectivity index (χ3v) is 2.50. The third-order valence-electron chi connectivity index (χ3n) is 2.50. The maximum atomic E-state index is 12.0. The molecule has 1 aromatic carbocycles. The van der Waals surface area contributed by atoms with E-state index in [1.807, 2.05) is 6.92 Å². The van der Waals surface area contributed by atoms with E-state index in [9.17, 15) is 4.79 Å². The van der Waals surface area contributed by atoms with E-state index >= 15 is 0 Å². The number of nitrogens with one attached hydrogen (secondary N) is 1. The van der Waals surface area contributed by atoms with E-state index in [4.69, 9.17) is 5.11 Å². The van der Waals surface area contributed by atoms with Crippen molar-refractivity contribution in [3.8, 4) is 11.8 Å². The highest BCUT2D eigenvalue weighted by molar-refractivity contribution is 6.03.